The van der Waals surface area contributed by atoms with Gasteiger partial charge in [-0.15, -0.1) is 0 Å². The number of fused-ring (bicyclic) bond motifs is 3. The predicted octanol–water partition coefficient (Wildman–Crippen LogP) is 5.75. The molecule has 0 saturated carbocycles. The maximum Gasteiger partial charge on any atom is 0.262 e. The quantitative estimate of drug-likeness (QED) is 0.201. The maximum absolute atomic E-state index is 7.08. The van der Waals surface area contributed by atoms with E-state index in [0.717, 1.165) is 29.3 Å². The summed E-state index contributed by atoms with van der Waals surface area (Å²) in [6.07, 6.45) is 8.80. The number of anilines is 1. The third-order valence-corrected chi connectivity index (χ3v) is 9.34. The largest absolute Gasteiger partial charge is 1.00 e. The minimum absolute atomic E-state index is 0. The van der Waals surface area contributed by atoms with E-state index < -0.39 is 0 Å². The van der Waals surface area contributed by atoms with E-state index in [1.165, 1.54) is 42.0 Å². The fourth-order valence-corrected chi connectivity index (χ4v) is 7.56. The summed E-state index contributed by atoms with van der Waals surface area (Å²) >= 11 is 10.7. The van der Waals surface area contributed by atoms with Crippen LogP contribution in [0.5, 0.6) is 0 Å². The number of halogens is 2. The molecule has 186 valence electrons. The fraction of sp³-hybridized carbons (Fsp3) is 0.129. The Labute approximate surface area is 248 Å². The number of benzene rings is 3. The molecule has 0 bridgehead atoms. The van der Waals surface area contributed by atoms with E-state index in [-0.39, 0.29) is 24.0 Å². The molecule has 0 amide bonds. The third-order valence-electron chi connectivity index (χ3n) is 6.67. The van der Waals surface area contributed by atoms with E-state index in [1.54, 1.807) is 0 Å². The van der Waals surface area contributed by atoms with E-state index in [1.807, 2.05) is 23.1 Å². The number of hydrogen-bond acceptors (Lipinski definition) is 3. The minimum Gasteiger partial charge on any atom is -1.00 e. The van der Waals surface area contributed by atoms with Crippen LogP contribution < -0.4 is 33.4 Å². The highest BCUT2D eigenvalue weighted by Gasteiger charge is 2.26. The molecule has 2 aliphatic rings. The van der Waals surface area contributed by atoms with Crippen molar-refractivity contribution in [3.8, 4) is 0 Å². The van der Waals surface area contributed by atoms with Gasteiger partial charge in [-0.1, -0.05) is 89.3 Å². The third kappa shape index (κ3) is 4.71. The van der Waals surface area contributed by atoms with Crippen molar-refractivity contribution < 1.29 is 28.5 Å². The van der Waals surface area contributed by atoms with Gasteiger partial charge in [-0.2, -0.15) is 4.57 Å². The number of para-hydroxylation sites is 2. The van der Waals surface area contributed by atoms with E-state index in [0.29, 0.717) is 0 Å². The number of aromatic nitrogens is 1. The number of hydrogen-bond donors (Lipinski definition) is 0. The van der Waals surface area contributed by atoms with Gasteiger partial charge in [0.25, 0.3) is 5.01 Å². The van der Waals surface area contributed by atoms with Crippen LogP contribution >= 0.6 is 34.7 Å². The van der Waals surface area contributed by atoms with Crippen LogP contribution in [0, 0.1) is 0 Å². The molecule has 0 N–H and O–H groups in total. The second kappa shape index (κ2) is 11.2. The van der Waals surface area contributed by atoms with Crippen LogP contribution in [0.15, 0.2) is 106 Å². The summed E-state index contributed by atoms with van der Waals surface area (Å²) in [5, 5.41) is 3.26. The monoisotopic (exact) mass is 652 g/mol. The van der Waals surface area contributed by atoms with Gasteiger partial charge in [0.2, 0.25) is 5.52 Å². The van der Waals surface area contributed by atoms with Gasteiger partial charge >= 0.3 is 0 Å². The zero-order valence-electron chi connectivity index (χ0n) is 20.6. The molecule has 1 aromatic heterocycles. The summed E-state index contributed by atoms with van der Waals surface area (Å²) < 4.78 is 3.66. The second-order valence-corrected chi connectivity index (χ2v) is 11.2. The summed E-state index contributed by atoms with van der Waals surface area (Å²) in [5.74, 6) is 0. The first-order valence-electron chi connectivity index (χ1n) is 12.2. The highest BCUT2D eigenvalue weighted by atomic mass is 127. The van der Waals surface area contributed by atoms with Crippen molar-refractivity contribution >= 4 is 67.8 Å². The molecule has 0 atom stereocenters. The van der Waals surface area contributed by atoms with Gasteiger partial charge in [0.15, 0.2) is 0 Å². The van der Waals surface area contributed by atoms with Crippen LogP contribution in [0.1, 0.15) is 30.0 Å². The average Bonchev–Trinajstić information content (AvgIpc) is 3.54. The number of thioether (sulfide) groups is 1. The lowest BCUT2D eigenvalue weighted by Gasteiger charge is -2.17. The molecular weight excluding hydrogens is 627 g/mol. The molecule has 0 radical (unpaired) electrons. The van der Waals surface area contributed by atoms with E-state index >= 15 is 0 Å². The summed E-state index contributed by atoms with van der Waals surface area (Å²) in [6, 6.07) is 25.7. The Balaban J connectivity index is 0.00000280. The van der Waals surface area contributed by atoms with Crippen LogP contribution in [0.3, 0.4) is 0 Å². The predicted molar refractivity (Wildman–Crippen MR) is 157 cm³/mol. The van der Waals surface area contributed by atoms with Crippen LogP contribution in [-0.2, 0) is 6.54 Å². The molecule has 1 aliphatic heterocycles. The minimum atomic E-state index is 0. The Morgan fingerprint density at radius 2 is 1.59 bits per heavy atom. The van der Waals surface area contributed by atoms with Crippen molar-refractivity contribution in [1.82, 2.24) is 0 Å². The summed E-state index contributed by atoms with van der Waals surface area (Å²) in [5.41, 5.74) is 7.07. The molecule has 0 saturated heterocycles. The number of rotatable bonds is 5. The first-order chi connectivity index (χ1) is 17.7. The Morgan fingerprint density at radius 3 is 2.41 bits per heavy atom. The van der Waals surface area contributed by atoms with E-state index in [2.05, 4.69) is 120 Å². The Hall–Kier alpha value is -2.32. The first-order valence-corrected chi connectivity index (χ1v) is 14.3. The van der Waals surface area contributed by atoms with Crippen molar-refractivity contribution in [1.29, 1.82) is 0 Å². The molecule has 1 aliphatic carbocycles. The van der Waals surface area contributed by atoms with E-state index in [9.17, 15) is 0 Å². The zero-order chi connectivity index (χ0) is 24.6. The SMILES string of the molecule is CCN1/C(=C/C=C2/C(Cl)=C(\C=C\c3sc4ccccc4[n+]3CC)c3ccccc32)Sc2ccccc21.[I-]. The van der Waals surface area contributed by atoms with Crippen LogP contribution in [0.25, 0.3) is 27.4 Å². The standard InChI is InChI=1S/C31H26ClN2S2.HI/c1-3-33-25-13-7-9-15-27(25)35-29(33)19-17-23-21-11-5-6-12-22(21)24(31(23)32)18-20-30-34(4-2)26-14-8-10-16-28(26)36-30;/h5-20H,3-4H2,1-2H3;1H/q+1;/p-1. The Morgan fingerprint density at radius 1 is 0.865 bits per heavy atom. The van der Waals surface area contributed by atoms with Crippen LogP contribution in [0.4, 0.5) is 5.69 Å². The Kier molecular flexibility index (Phi) is 7.96. The normalized spacial score (nSPS) is 16.8. The molecule has 4 aromatic rings. The number of nitrogens with zero attached hydrogens (tertiary/aromatic N) is 2. The smallest absolute Gasteiger partial charge is 0.262 e. The molecule has 3 aromatic carbocycles. The molecule has 6 rings (SSSR count). The van der Waals surface area contributed by atoms with Crippen LogP contribution in [-0.4, -0.2) is 6.54 Å². The number of aryl methyl sites for hydroxylation is 1. The Bertz CT molecular complexity index is 1610. The topological polar surface area (TPSA) is 7.12 Å². The summed E-state index contributed by atoms with van der Waals surface area (Å²) in [6.45, 7) is 6.25. The van der Waals surface area contributed by atoms with Crippen molar-refractivity contribution in [3.05, 3.63) is 117 Å². The lowest BCUT2D eigenvalue weighted by atomic mass is 10.0. The molecule has 37 heavy (non-hydrogen) atoms. The molecule has 2 nitrogen and oxygen atoms in total. The zero-order valence-corrected chi connectivity index (χ0v) is 25.2. The van der Waals surface area contributed by atoms with Gasteiger partial charge in [-0.3, -0.25) is 0 Å². The first kappa shape index (κ1) is 26.3. The summed E-state index contributed by atoms with van der Waals surface area (Å²) in [7, 11) is 0. The number of allylic oxidation sites excluding steroid dienone is 6. The van der Waals surface area contributed by atoms with Crippen molar-refractivity contribution in [2.45, 2.75) is 25.3 Å². The maximum atomic E-state index is 7.08. The average molecular weight is 653 g/mol. The lowest BCUT2D eigenvalue weighted by Crippen LogP contribution is -3.00. The molecule has 6 heteroatoms. The number of thiazole rings is 1. The highest BCUT2D eigenvalue weighted by molar-refractivity contribution is 8.03. The molecule has 2 heterocycles. The molecule has 0 spiro atoms. The van der Waals surface area contributed by atoms with Gasteiger partial charge < -0.3 is 28.9 Å². The van der Waals surface area contributed by atoms with Crippen molar-refractivity contribution in [3.63, 3.8) is 0 Å². The highest BCUT2D eigenvalue weighted by Crippen LogP contribution is 2.47. The van der Waals surface area contributed by atoms with Crippen molar-refractivity contribution in [2.75, 3.05) is 11.4 Å². The van der Waals surface area contributed by atoms with Gasteiger partial charge in [-0.25, -0.2) is 0 Å². The van der Waals surface area contributed by atoms with Gasteiger partial charge in [0.05, 0.1) is 15.7 Å². The van der Waals surface area contributed by atoms with Gasteiger partial charge in [-0.05, 0) is 55.3 Å². The molecule has 0 fully saturated rings. The van der Waals surface area contributed by atoms with Crippen LogP contribution in [0.2, 0.25) is 0 Å². The molecule has 0 unspecified atom stereocenters. The van der Waals surface area contributed by atoms with Crippen molar-refractivity contribution in [2.24, 2.45) is 0 Å². The summed E-state index contributed by atoms with van der Waals surface area (Å²) in [4.78, 5) is 3.66. The lowest BCUT2D eigenvalue weighted by molar-refractivity contribution is -0.665. The second-order valence-electron chi connectivity index (χ2n) is 8.66. The van der Waals surface area contributed by atoms with Gasteiger partial charge in [0, 0.05) is 34.7 Å². The molecular formula is C31H26ClIN2S2. The fourth-order valence-electron chi connectivity index (χ4n) is 4.98. The van der Waals surface area contributed by atoms with Gasteiger partial charge in [0.1, 0.15) is 11.2 Å². The van der Waals surface area contributed by atoms with E-state index in [4.69, 9.17) is 11.6 Å².